The van der Waals surface area contributed by atoms with Crippen LogP contribution in [0.1, 0.15) is 42.0 Å². The Hall–Kier alpha value is -1.13. The number of aryl methyl sites for hydroxylation is 1. The standard InChI is InChI=1S/C17H20BrFN2/c1-20-17-5-3-2-4-13-10-21(11-16(13)17)9-12-6-14(18)8-15(19)7-12/h6-8,10-11,17,20H,2-5,9H2,1H3. The van der Waals surface area contributed by atoms with Crippen LogP contribution in [0.15, 0.2) is 35.1 Å². The van der Waals surface area contributed by atoms with Crippen LogP contribution in [0.2, 0.25) is 0 Å². The van der Waals surface area contributed by atoms with E-state index < -0.39 is 0 Å². The number of nitrogens with zero attached hydrogens (tertiary/aromatic N) is 1. The first-order valence-corrected chi connectivity index (χ1v) is 8.26. The molecule has 0 radical (unpaired) electrons. The maximum Gasteiger partial charge on any atom is 0.124 e. The Bertz CT molecular complexity index is 615. The topological polar surface area (TPSA) is 17.0 Å². The van der Waals surface area contributed by atoms with Crippen molar-refractivity contribution in [2.24, 2.45) is 0 Å². The third-order valence-electron chi connectivity index (χ3n) is 4.20. The molecule has 112 valence electrons. The van der Waals surface area contributed by atoms with Crippen LogP contribution in [0, 0.1) is 5.82 Å². The average Bonchev–Trinajstić information content (AvgIpc) is 2.71. The monoisotopic (exact) mass is 350 g/mol. The number of nitrogens with one attached hydrogen (secondary N) is 1. The highest BCUT2D eigenvalue weighted by Crippen LogP contribution is 2.29. The van der Waals surface area contributed by atoms with Crippen LogP contribution in [0.3, 0.4) is 0 Å². The number of halogens is 2. The average molecular weight is 351 g/mol. The Labute approximate surface area is 133 Å². The van der Waals surface area contributed by atoms with Crippen molar-refractivity contribution in [2.45, 2.75) is 38.3 Å². The second kappa shape index (κ2) is 6.32. The molecule has 1 aromatic carbocycles. The Morgan fingerprint density at radius 3 is 2.90 bits per heavy atom. The maximum atomic E-state index is 13.5. The van der Waals surface area contributed by atoms with Crippen molar-refractivity contribution in [2.75, 3.05) is 7.05 Å². The summed E-state index contributed by atoms with van der Waals surface area (Å²) in [6, 6.07) is 5.52. The highest BCUT2D eigenvalue weighted by molar-refractivity contribution is 9.10. The SMILES string of the molecule is CNC1CCCCc2cn(Cc3cc(F)cc(Br)c3)cc21. The summed E-state index contributed by atoms with van der Waals surface area (Å²) in [7, 11) is 2.03. The quantitative estimate of drug-likeness (QED) is 0.810. The lowest BCUT2D eigenvalue weighted by Gasteiger charge is -2.13. The molecule has 0 spiro atoms. The van der Waals surface area contributed by atoms with Crippen LogP contribution < -0.4 is 5.32 Å². The summed E-state index contributed by atoms with van der Waals surface area (Å²) in [5.41, 5.74) is 3.82. The fourth-order valence-electron chi connectivity index (χ4n) is 3.22. The second-order valence-electron chi connectivity index (χ2n) is 5.78. The van der Waals surface area contributed by atoms with Gasteiger partial charge in [-0.2, -0.15) is 0 Å². The highest BCUT2D eigenvalue weighted by Gasteiger charge is 2.19. The molecule has 1 heterocycles. The second-order valence-corrected chi connectivity index (χ2v) is 6.69. The van der Waals surface area contributed by atoms with E-state index in [-0.39, 0.29) is 5.82 Å². The van der Waals surface area contributed by atoms with Crippen molar-refractivity contribution in [3.05, 3.63) is 57.6 Å². The summed E-state index contributed by atoms with van der Waals surface area (Å²) in [4.78, 5) is 0. The van der Waals surface area contributed by atoms with Crippen LogP contribution in [0.5, 0.6) is 0 Å². The number of rotatable bonds is 3. The zero-order valence-corrected chi connectivity index (χ0v) is 13.8. The molecule has 4 heteroatoms. The molecule has 3 rings (SSSR count). The fraction of sp³-hybridized carbons (Fsp3) is 0.412. The van der Waals surface area contributed by atoms with E-state index in [2.05, 4.69) is 38.2 Å². The predicted molar refractivity (Wildman–Crippen MR) is 87.0 cm³/mol. The largest absolute Gasteiger partial charge is 0.349 e. The van der Waals surface area contributed by atoms with Gasteiger partial charge in [0.15, 0.2) is 0 Å². The van der Waals surface area contributed by atoms with Gasteiger partial charge in [-0.3, -0.25) is 0 Å². The van der Waals surface area contributed by atoms with Gasteiger partial charge in [0.2, 0.25) is 0 Å². The Morgan fingerprint density at radius 2 is 2.14 bits per heavy atom. The van der Waals surface area contributed by atoms with Gasteiger partial charge in [-0.15, -0.1) is 0 Å². The predicted octanol–water partition coefficient (Wildman–Crippen LogP) is 4.42. The van der Waals surface area contributed by atoms with E-state index in [0.29, 0.717) is 12.6 Å². The summed E-state index contributed by atoms with van der Waals surface area (Å²) in [6.45, 7) is 0.708. The first kappa shape index (κ1) is 14.8. The molecule has 0 aliphatic heterocycles. The van der Waals surface area contributed by atoms with Gasteiger partial charge in [0.1, 0.15) is 5.82 Å². The van der Waals surface area contributed by atoms with Gasteiger partial charge in [-0.1, -0.05) is 22.4 Å². The molecule has 0 fully saturated rings. The van der Waals surface area contributed by atoms with Crippen LogP contribution in [-0.4, -0.2) is 11.6 Å². The van der Waals surface area contributed by atoms with E-state index in [1.54, 1.807) is 6.07 Å². The first-order chi connectivity index (χ1) is 10.2. The van der Waals surface area contributed by atoms with Gasteiger partial charge in [-0.05, 0) is 61.2 Å². The zero-order valence-electron chi connectivity index (χ0n) is 12.2. The van der Waals surface area contributed by atoms with Crippen molar-refractivity contribution >= 4 is 15.9 Å². The fourth-order valence-corrected chi connectivity index (χ4v) is 3.73. The zero-order chi connectivity index (χ0) is 14.8. The maximum absolute atomic E-state index is 13.5. The van der Waals surface area contributed by atoms with Crippen molar-refractivity contribution < 1.29 is 4.39 Å². The molecule has 1 aromatic heterocycles. The Balaban J connectivity index is 1.87. The Kier molecular flexibility index (Phi) is 4.45. The van der Waals surface area contributed by atoms with Crippen LogP contribution >= 0.6 is 15.9 Å². The summed E-state index contributed by atoms with van der Waals surface area (Å²) < 4.78 is 16.5. The third kappa shape index (κ3) is 3.38. The van der Waals surface area contributed by atoms with E-state index in [0.717, 1.165) is 16.5 Å². The lowest BCUT2D eigenvalue weighted by molar-refractivity contribution is 0.531. The highest BCUT2D eigenvalue weighted by atomic mass is 79.9. The lowest BCUT2D eigenvalue weighted by Crippen LogP contribution is -2.15. The molecule has 1 aliphatic carbocycles. The van der Waals surface area contributed by atoms with E-state index in [1.807, 2.05) is 13.1 Å². The molecular formula is C17H20BrFN2. The van der Waals surface area contributed by atoms with Gasteiger partial charge >= 0.3 is 0 Å². The van der Waals surface area contributed by atoms with Crippen LogP contribution in [0.4, 0.5) is 4.39 Å². The molecular weight excluding hydrogens is 331 g/mol. The van der Waals surface area contributed by atoms with Crippen molar-refractivity contribution in [1.29, 1.82) is 0 Å². The summed E-state index contributed by atoms with van der Waals surface area (Å²) in [6.07, 6.45) is 9.31. The molecule has 1 N–H and O–H groups in total. The molecule has 0 saturated heterocycles. The van der Waals surface area contributed by atoms with E-state index >= 15 is 0 Å². The number of benzene rings is 1. The summed E-state index contributed by atoms with van der Waals surface area (Å²) >= 11 is 3.36. The summed E-state index contributed by atoms with van der Waals surface area (Å²) in [5.74, 6) is -0.193. The lowest BCUT2D eigenvalue weighted by atomic mass is 10.1. The van der Waals surface area contributed by atoms with E-state index in [4.69, 9.17) is 0 Å². The van der Waals surface area contributed by atoms with Crippen LogP contribution in [0.25, 0.3) is 0 Å². The molecule has 2 nitrogen and oxygen atoms in total. The molecule has 0 bridgehead atoms. The smallest absolute Gasteiger partial charge is 0.124 e. The molecule has 0 amide bonds. The first-order valence-electron chi connectivity index (χ1n) is 7.46. The van der Waals surface area contributed by atoms with Crippen molar-refractivity contribution in [3.8, 4) is 0 Å². The Morgan fingerprint density at radius 1 is 1.29 bits per heavy atom. The van der Waals surface area contributed by atoms with Crippen LogP contribution in [-0.2, 0) is 13.0 Å². The minimum atomic E-state index is -0.193. The van der Waals surface area contributed by atoms with Gasteiger partial charge in [0.25, 0.3) is 0 Å². The number of aromatic nitrogens is 1. The number of fused-ring (bicyclic) bond motifs is 1. The van der Waals surface area contributed by atoms with E-state index in [9.17, 15) is 4.39 Å². The van der Waals surface area contributed by atoms with Gasteiger partial charge in [0, 0.05) is 29.5 Å². The normalized spacial score (nSPS) is 18.3. The third-order valence-corrected chi connectivity index (χ3v) is 4.66. The van der Waals surface area contributed by atoms with E-state index in [1.165, 1.54) is 36.5 Å². The van der Waals surface area contributed by atoms with Crippen molar-refractivity contribution in [1.82, 2.24) is 9.88 Å². The minimum absolute atomic E-state index is 0.193. The van der Waals surface area contributed by atoms with Gasteiger partial charge in [-0.25, -0.2) is 4.39 Å². The molecule has 1 aliphatic rings. The minimum Gasteiger partial charge on any atom is -0.349 e. The van der Waals surface area contributed by atoms with Gasteiger partial charge in [0.05, 0.1) is 0 Å². The molecule has 21 heavy (non-hydrogen) atoms. The molecule has 2 aromatic rings. The van der Waals surface area contributed by atoms with Crippen molar-refractivity contribution in [3.63, 3.8) is 0 Å². The molecule has 0 saturated carbocycles. The molecule has 1 atom stereocenters. The van der Waals surface area contributed by atoms with Gasteiger partial charge < -0.3 is 9.88 Å². The number of hydrogen-bond acceptors (Lipinski definition) is 1. The molecule has 1 unspecified atom stereocenters. The number of hydrogen-bond donors (Lipinski definition) is 1. The summed E-state index contributed by atoms with van der Waals surface area (Å²) in [5, 5.41) is 3.41.